The highest BCUT2D eigenvalue weighted by Gasteiger charge is 2.54. The number of phosphoric acid groups is 2. The summed E-state index contributed by atoms with van der Waals surface area (Å²) >= 11 is 0. The number of nitrogen functional groups attached to an aromatic ring is 2. The number of fused-ring (bicyclic) bond motifs is 6. The molecule has 4 aromatic rings. The Morgan fingerprint density at radius 1 is 0.705 bits per heavy atom. The first-order chi connectivity index (χ1) is 20.9. The molecule has 4 aromatic heterocycles. The van der Waals surface area contributed by atoms with Crippen LogP contribution in [-0.2, 0) is 36.7 Å². The van der Waals surface area contributed by atoms with Crippen molar-refractivity contribution >= 4 is 49.6 Å². The van der Waals surface area contributed by atoms with Crippen LogP contribution in [0.1, 0.15) is 12.5 Å². The van der Waals surface area contributed by atoms with Gasteiger partial charge in [0.05, 0.1) is 25.9 Å². The number of nitrogens with zero attached hydrogens (tertiary/aromatic N) is 8. The molecule has 24 heteroatoms. The van der Waals surface area contributed by atoms with Crippen molar-refractivity contribution in [3.63, 3.8) is 0 Å². The first-order valence-corrected chi connectivity index (χ1v) is 15.8. The van der Waals surface area contributed by atoms with Crippen LogP contribution in [-0.4, -0.2) is 109 Å². The largest absolute Gasteiger partial charge is 0.472 e. The number of rotatable bonds is 2. The molecule has 0 aliphatic carbocycles. The molecule has 3 aliphatic heterocycles. The standard InChI is InChI=1S/C20H24N10O12P2/c21-15-9-17(25-3-23-15)29(5-27-9)19-13-11(31)7(39-19)1-37-43(33,34)41-14-12(32)8(2-38-44(35,36)42-13)40-20(14)30-6-28-10-16(22)24-4-26-18(10)30/h3-8,11-14,19-20,31-32H,1-2H2,(H,33,34)(H,35,36)(H2,21,23,25)(H2,22,24,26). The van der Waals surface area contributed by atoms with E-state index in [2.05, 4.69) is 29.9 Å². The topological polar surface area (TPSA) is 310 Å². The van der Waals surface area contributed by atoms with E-state index < -0.39 is 77.9 Å². The summed E-state index contributed by atoms with van der Waals surface area (Å²) in [4.78, 5) is 45.4. The lowest BCUT2D eigenvalue weighted by atomic mass is 10.1. The summed E-state index contributed by atoms with van der Waals surface area (Å²) in [5.74, 6) is 0.0631. The van der Waals surface area contributed by atoms with Gasteiger partial charge >= 0.3 is 15.6 Å². The van der Waals surface area contributed by atoms with E-state index in [0.717, 1.165) is 12.7 Å². The van der Waals surface area contributed by atoms with E-state index >= 15 is 0 Å². The number of aromatic nitrogens is 8. The van der Waals surface area contributed by atoms with Crippen LogP contribution in [0.2, 0.25) is 0 Å². The Balaban J connectivity index is 1.22. The van der Waals surface area contributed by atoms with Crippen LogP contribution in [0.15, 0.2) is 25.3 Å². The average Bonchev–Trinajstić information content (AvgIpc) is 3.73. The number of hydrogen-bond acceptors (Lipinski definition) is 18. The van der Waals surface area contributed by atoms with Crippen molar-refractivity contribution in [2.24, 2.45) is 0 Å². The minimum Gasteiger partial charge on any atom is -0.387 e. The molecule has 236 valence electrons. The maximum Gasteiger partial charge on any atom is 0.472 e. The molecule has 22 nitrogen and oxygen atoms in total. The van der Waals surface area contributed by atoms with Crippen LogP contribution < -0.4 is 11.5 Å². The Bertz CT molecular complexity index is 1690. The van der Waals surface area contributed by atoms with Gasteiger partial charge in [-0.1, -0.05) is 0 Å². The Kier molecular flexibility index (Phi) is 7.16. The fourth-order valence-corrected chi connectivity index (χ4v) is 7.07. The quantitative estimate of drug-likeness (QED) is 0.132. The van der Waals surface area contributed by atoms with Gasteiger partial charge in [-0.3, -0.25) is 27.2 Å². The van der Waals surface area contributed by atoms with Crippen LogP contribution in [0, 0.1) is 0 Å². The smallest absolute Gasteiger partial charge is 0.387 e. The third kappa shape index (κ3) is 5.04. The van der Waals surface area contributed by atoms with Gasteiger partial charge in [0, 0.05) is 0 Å². The Morgan fingerprint density at radius 3 is 1.52 bits per heavy atom. The van der Waals surface area contributed by atoms with Gasteiger partial charge in [-0.25, -0.2) is 39.0 Å². The highest BCUT2D eigenvalue weighted by atomic mass is 31.2. The molecule has 8 N–H and O–H groups in total. The molecule has 0 spiro atoms. The number of ether oxygens (including phenoxy) is 2. The lowest BCUT2D eigenvalue weighted by molar-refractivity contribution is -0.0675. The number of anilines is 2. The van der Waals surface area contributed by atoms with Gasteiger partial charge in [-0.15, -0.1) is 0 Å². The second-order valence-electron chi connectivity index (χ2n) is 9.95. The maximum atomic E-state index is 13.1. The van der Waals surface area contributed by atoms with E-state index in [4.69, 9.17) is 39.0 Å². The summed E-state index contributed by atoms with van der Waals surface area (Å²) in [6.45, 7) is -1.55. The molecule has 7 rings (SSSR count). The molecule has 3 saturated heterocycles. The van der Waals surface area contributed by atoms with Crippen LogP contribution in [0.5, 0.6) is 0 Å². The van der Waals surface area contributed by atoms with Crippen LogP contribution in [0.3, 0.4) is 0 Å². The first-order valence-electron chi connectivity index (χ1n) is 12.8. The van der Waals surface area contributed by atoms with E-state index in [1.807, 2.05) is 0 Å². The lowest BCUT2D eigenvalue weighted by Crippen LogP contribution is -2.38. The van der Waals surface area contributed by atoms with E-state index in [-0.39, 0.29) is 34.0 Å². The number of hydrogen-bond donors (Lipinski definition) is 6. The van der Waals surface area contributed by atoms with Crippen LogP contribution in [0.4, 0.5) is 11.6 Å². The van der Waals surface area contributed by atoms with Gasteiger partial charge < -0.3 is 40.9 Å². The van der Waals surface area contributed by atoms with Crippen molar-refractivity contribution in [2.75, 3.05) is 24.7 Å². The normalized spacial score (nSPS) is 38.3. The number of aliphatic hydroxyl groups is 2. The second-order valence-corrected chi connectivity index (χ2v) is 12.8. The molecule has 4 bridgehead atoms. The molecule has 7 heterocycles. The minimum absolute atomic E-state index is 0.0316. The molecule has 0 radical (unpaired) electrons. The maximum absolute atomic E-state index is 13.1. The molecule has 0 aromatic carbocycles. The molecule has 3 aliphatic rings. The second kappa shape index (κ2) is 10.7. The van der Waals surface area contributed by atoms with Gasteiger partial charge in [0.1, 0.15) is 60.3 Å². The van der Waals surface area contributed by atoms with Crippen LogP contribution >= 0.6 is 15.6 Å². The Labute approximate surface area is 244 Å². The fourth-order valence-electron chi connectivity index (χ4n) is 5.20. The molecule has 3 fully saturated rings. The highest BCUT2D eigenvalue weighted by molar-refractivity contribution is 7.47. The molecular weight excluding hydrogens is 634 g/mol. The van der Waals surface area contributed by atoms with E-state index in [9.17, 15) is 29.1 Å². The molecule has 0 saturated carbocycles. The first kappa shape index (κ1) is 29.5. The number of nitrogens with two attached hydrogens (primary N) is 2. The average molecular weight is 658 g/mol. The summed E-state index contributed by atoms with van der Waals surface area (Å²) in [6.07, 6.45) is -7.52. The minimum atomic E-state index is -5.03. The summed E-state index contributed by atoms with van der Waals surface area (Å²) < 4.78 is 61.5. The number of aliphatic hydroxyl groups excluding tert-OH is 2. The molecular formula is C20H24N10O12P2. The van der Waals surface area contributed by atoms with Gasteiger partial charge in [-0.05, 0) is 0 Å². The van der Waals surface area contributed by atoms with E-state index in [1.165, 1.54) is 21.8 Å². The summed E-state index contributed by atoms with van der Waals surface area (Å²) in [5.41, 5.74) is 12.3. The Morgan fingerprint density at radius 2 is 1.11 bits per heavy atom. The lowest BCUT2D eigenvalue weighted by Gasteiger charge is -2.26. The zero-order chi connectivity index (χ0) is 31.0. The summed E-state index contributed by atoms with van der Waals surface area (Å²) in [7, 11) is -10.1. The van der Waals surface area contributed by atoms with Crippen LogP contribution in [0.25, 0.3) is 22.3 Å². The van der Waals surface area contributed by atoms with Gasteiger partial charge in [0.25, 0.3) is 0 Å². The van der Waals surface area contributed by atoms with Crippen molar-refractivity contribution in [2.45, 2.75) is 49.1 Å². The summed E-state index contributed by atoms with van der Waals surface area (Å²) in [5, 5.41) is 22.1. The van der Waals surface area contributed by atoms with Crippen molar-refractivity contribution in [1.29, 1.82) is 0 Å². The Hall–Kier alpha value is -3.24. The number of phosphoric ester groups is 2. The van der Waals surface area contributed by atoms with Crippen molar-refractivity contribution < 1.29 is 56.7 Å². The summed E-state index contributed by atoms with van der Waals surface area (Å²) in [6, 6.07) is 0. The van der Waals surface area contributed by atoms with Gasteiger partial charge in [0.15, 0.2) is 35.4 Å². The SMILES string of the molecule is Nc1ncnc2c1ncn2C1OC2COP(=O)(O)OC3C(O)C(COP(=O)(O)OC1C2O)OC3n1cnc2c(N)ncnc21. The highest BCUT2D eigenvalue weighted by Crippen LogP contribution is 2.53. The third-order valence-corrected chi connectivity index (χ3v) is 9.23. The predicted molar refractivity (Wildman–Crippen MR) is 141 cm³/mol. The fraction of sp³-hybridized carbons (Fsp3) is 0.500. The van der Waals surface area contributed by atoms with Gasteiger partial charge in [0.2, 0.25) is 0 Å². The third-order valence-electron chi connectivity index (χ3n) is 7.26. The molecule has 10 unspecified atom stereocenters. The van der Waals surface area contributed by atoms with E-state index in [1.54, 1.807) is 0 Å². The predicted octanol–water partition coefficient (Wildman–Crippen LogP) is -1.63. The van der Waals surface area contributed by atoms with E-state index in [0.29, 0.717) is 0 Å². The zero-order valence-corrected chi connectivity index (χ0v) is 23.8. The monoisotopic (exact) mass is 658 g/mol. The van der Waals surface area contributed by atoms with Crippen molar-refractivity contribution in [3.8, 4) is 0 Å². The molecule has 44 heavy (non-hydrogen) atoms. The van der Waals surface area contributed by atoms with Crippen molar-refractivity contribution in [1.82, 2.24) is 39.0 Å². The van der Waals surface area contributed by atoms with Crippen molar-refractivity contribution in [3.05, 3.63) is 25.3 Å². The molecule has 10 atom stereocenters. The van der Waals surface area contributed by atoms with Gasteiger partial charge in [-0.2, -0.15) is 0 Å². The number of imidazole rings is 2. The zero-order valence-electron chi connectivity index (χ0n) is 22.0. The molecule has 0 amide bonds.